The molecule has 0 aliphatic carbocycles. The molecule has 4 aromatic rings. The number of hydrogen-bond donors (Lipinski definition) is 0. The number of benzene rings is 2. The second-order valence-corrected chi connectivity index (χ2v) is 10.9. The van der Waals surface area contributed by atoms with E-state index in [2.05, 4.69) is 42.7 Å². The molecule has 0 unspecified atom stereocenters. The molecular weight excluding hydrogens is 503 g/mol. The van der Waals surface area contributed by atoms with E-state index < -0.39 is 0 Å². The summed E-state index contributed by atoms with van der Waals surface area (Å²) in [6, 6.07) is 8.48. The highest BCUT2D eigenvalue weighted by atomic mass is 35.5. The molecule has 0 saturated carbocycles. The van der Waals surface area contributed by atoms with Gasteiger partial charge in [-0.2, -0.15) is 5.10 Å². The zero-order chi connectivity index (χ0) is 26.4. The van der Waals surface area contributed by atoms with Crippen LogP contribution in [0.4, 0.5) is 0 Å². The number of aliphatic imine (C=N–C) groups is 1. The summed E-state index contributed by atoms with van der Waals surface area (Å²) in [6.45, 7) is 11.9. The summed E-state index contributed by atoms with van der Waals surface area (Å²) in [6.07, 6.45) is 4.85. The van der Waals surface area contributed by atoms with Gasteiger partial charge in [-0.3, -0.25) is 9.67 Å². The van der Waals surface area contributed by atoms with Gasteiger partial charge in [0.05, 0.1) is 34.6 Å². The van der Waals surface area contributed by atoms with Gasteiger partial charge in [0.1, 0.15) is 5.75 Å². The average molecular weight is 538 g/mol. The molecular formula is C30H34Cl2N4O. The predicted octanol–water partition coefficient (Wildman–Crippen LogP) is 7.80. The van der Waals surface area contributed by atoms with Crippen LogP contribution in [0, 0.1) is 27.7 Å². The summed E-state index contributed by atoms with van der Waals surface area (Å²) >= 11 is 13.3. The minimum Gasteiger partial charge on any atom is -0.494 e. The lowest BCUT2D eigenvalue weighted by molar-refractivity contribution is 0.310. The first-order chi connectivity index (χ1) is 17.7. The Morgan fingerprint density at radius 2 is 1.78 bits per heavy atom. The molecule has 37 heavy (non-hydrogen) atoms. The van der Waals surface area contributed by atoms with Crippen molar-refractivity contribution in [2.24, 2.45) is 12.0 Å². The molecule has 0 bridgehead atoms. The van der Waals surface area contributed by atoms with Crippen molar-refractivity contribution in [1.82, 2.24) is 14.3 Å². The highest BCUT2D eigenvalue weighted by molar-refractivity contribution is 6.35. The lowest BCUT2D eigenvalue weighted by Crippen LogP contribution is -2.21. The molecule has 194 valence electrons. The van der Waals surface area contributed by atoms with Crippen molar-refractivity contribution in [3.05, 3.63) is 68.1 Å². The van der Waals surface area contributed by atoms with Crippen molar-refractivity contribution < 1.29 is 4.74 Å². The third-order valence-corrected chi connectivity index (χ3v) is 8.51. The zero-order valence-electron chi connectivity index (χ0n) is 22.5. The first-order valence-corrected chi connectivity index (χ1v) is 13.7. The Morgan fingerprint density at radius 1 is 1.05 bits per heavy atom. The van der Waals surface area contributed by atoms with E-state index in [9.17, 15) is 0 Å². The number of hydrogen-bond acceptors (Lipinski definition) is 3. The maximum atomic E-state index is 6.93. The summed E-state index contributed by atoms with van der Waals surface area (Å²) in [5.41, 5.74) is 10.0. The van der Waals surface area contributed by atoms with E-state index in [0.29, 0.717) is 6.61 Å². The molecule has 5 rings (SSSR count). The van der Waals surface area contributed by atoms with Crippen LogP contribution in [0.1, 0.15) is 53.5 Å². The molecule has 2 aromatic heterocycles. The molecule has 0 saturated heterocycles. The Bertz CT molecular complexity index is 1510. The van der Waals surface area contributed by atoms with E-state index in [1.807, 2.05) is 43.8 Å². The number of aryl methyl sites for hydroxylation is 5. The largest absolute Gasteiger partial charge is 0.494 e. The minimum atomic E-state index is 0.263. The number of halogens is 2. The van der Waals surface area contributed by atoms with E-state index in [1.165, 1.54) is 22.2 Å². The molecule has 0 spiro atoms. The number of ether oxygens (including phenoxy) is 1. The van der Waals surface area contributed by atoms with Crippen molar-refractivity contribution in [3.8, 4) is 16.9 Å². The molecule has 1 aliphatic rings. The zero-order valence-corrected chi connectivity index (χ0v) is 24.0. The fourth-order valence-electron chi connectivity index (χ4n) is 5.58. The van der Waals surface area contributed by atoms with Crippen molar-refractivity contribution in [2.45, 2.75) is 66.5 Å². The topological polar surface area (TPSA) is 44.3 Å². The molecule has 3 heterocycles. The summed E-state index contributed by atoms with van der Waals surface area (Å²) in [7, 11) is 1.99. The van der Waals surface area contributed by atoms with Gasteiger partial charge in [-0.25, -0.2) is 0 Å². The Kier molecular flexibility index (Phi) is 7.12. The maximum Gasteiger partial charge on any atom is 0.119 e. The summed E-state index contributed by atoms with van der Waals surface area (Å²) in [5.74, 6) is 0.868. The van der Waals surface area contributed by atoms with Gasteiger partial charge >= 0.3 is 0 Å². The summed E-state index contributed by atoms with van der Waals surface area (Å²) in [4.78, 5) is 4.87. The van der Waals surface area contributed by atoms with Crippen molar-refractivity contribution in [3.63, 3.8) is 0 Å². The van der Waals surface area contributed by atoms with Crippen LogP contribution >= 0.6 is 23.2 Å². The minimum absolute atomic E-state index is 0.263. The second-order valence-electron chi connectivity index (χ2n) is 10.1. The van der Waals surface area contributed by atoms with E-state index in [-0.39, 0.29) is 6.04 Å². The van der Waals surface area contributed by atoms with Crippen LogP contribution in [-0.2, 0) is 20.0 Å². The molecule has 1 aliphatic heterocycles. The predicted molar refractivity (Wildman–Crippen MR) is 155 cm³/mol. The van der Waals surface area contributed by atoms with Gasteiger partial charge in [0.2, 0.25) is 0 Å². The van der Waals surface area contributed by atoms with Gasteiger partial charge in [0.25, 0.3) is 0 Å². The molecule has 7 heteroatoms. The third kappa shape index (κ3) is 4.57. The smallest absolute Gasteiger partial charge is 0.119 e. The Morgan fingerprint density at radius 3 is 2.43 bits per heavy atom. The van der Waals surface area contributed by atoms with Crippen molar-refractivity contribution >= 4 is 40.3 Å². The third-order valence-electron chi connectivity index (χ3n) is 7.60. The standard InChI is InChI=1S/C30H34Cl2N4O/c1-7-21-16-36-26(15-33-21)23(9-8-12-37-22-13-17(2)29(32)18(3)14-22)24-10-11-25(31)28(30(24)36)27-19(4)34-35(6)20(27)5/h10-11,13-15,21H,7-9,12,16H2,1-6H3/t21-/m1/s1. The van der Waals surface area contributed by atoms with Gasteiger partial charge < -0.3 is 9.30 Å². The van der Waals surface area contributed by atoms with Gasteiger partial charge in [-0.15, -0.1) is 0 Å². The monoisotopic (exact) mass is 536 g/mol. The van der Waals surface area contributed by atoms with Crippen LogP contribution in [0.5, 0.6) is 5.75 Å². The fraction of sp³-hybridized carbons (Fsp3) is 0.400. The molecule has 5 nitrogen and oxygen atoms in total. The van der Waals surface area contributed by atoms with Crippen LogP contribution in [0.15, 0.2) is 29.3 Å². The Hall–Kier alpha value is -2.76. The molecule has 2 aromatic carbocycles. The maximum absolute atomic E-state index is 6.93. The fourth-order valence-corrected chi connectivity index (χ4v) is 5.94. The van der Waals surface area contributed by atoms with E-state index in [1.54, 1.807) is 0 Å². The molecule has 0 N–H and O–H groups in total. The van der Waals surface area contributed by atoms with Crippen molar-refractivity contribution in [2.75, 3.05) is 6.61 Å². The SMILES string of the molecule is CC[C@@H]1Cn2c(c(CCCOc3cc(C)c(Cl)c(C)c3)c3ccc(Cl)c(-c4c(C)nn(C)c4C)c32)C=N1. The first-order valence-electron chi connectivity index (χ1n) is 13.0. The number of rotatable bonds is 7. The molecule has 0 radical (unpaired) electrons. The van der Waals surface area contributed by atoms with Crippen LogP contribution < -0.4 is 4.74 Å². The lowest BCUT2D eigenvalue weighted by Gasteiger charge is -2.20. The van der Waals surface area contributed by atoms with Crippen LogP contribution in [0.2, 0.25) is 10.0 Å². The van der Waals surface area contributed by atoms with Gasteiger partial charge in [0, 0.05) is 47.0 Å². The van der Waals surface area contributed by atoms with E-state index >= 15 is 0 Å². The van der Waals surface area contributed by atoms with Crippen LogP contribution in [0.3, 0.4) is 0 Å². The molecule has 0 fully saturated rings. The molecule has 1 atom stereocenters. The van der Waals surface area contributed by atoms with Gasteiger partial charge in [-0.1, -0.05) is 36.2 Å². The highest BCUT2D eigenvalue weighted by Gasteiger charge is 2.27. The average Bonchev–Trinajstić information content (AvgIpc) is 3.32. The quantitative estimate of drug-likeness (QED) is 0.226. The summed E-state index contributed by atoms with van der Waals surface area (Å²) < 4.78 is 10.5. The van der Waals surface area contributed by atoms with Gasteiger partial charge in [0.15, 0.2) is 0 Å². The highest BCUT2D eigenvalue weighted by Crippen LogP contribution is 2.42. The number of fused-ring (bicyclic) bond motifs is 3. The van der Waals surface area contributed by atoms with E-state index in [0.717, 1.165) is 75.2 Å². The number of aromatic nitrogens is 3. The van der Waals surface area contributed by atoms with Crippen molar-refractivity contribution in [1.29, 1.82) is 0 Å². The first kappa shape index (κ1) is 25.9. The number of nitrogens with zero attached hydrogens (tertiary/aromatic N) is 4. The van der Waals surface area contributed by atoms with E-state index in [4.69, 9.17) is 32.9 Å². The Labute approximate surface area is 229 Å². The summed E-state index contributed by atoms with van der Waals surface area (Å²) in [5, 5.41) is 7.48. The second kappa shape index (κ2) is 10.2. The Balaban J connectivity index is 1.54. The van der Waals surface area contributed by atoms with Crippen LogP contribution in [-0.4, -0.2) is 33.2 Å². The van der Waals surface area contributed by atoms with Gasteiger partial charge in [-0.05, 0) is 81.8 Å². The molecule has 0 amide bonds. The normalized spacial score (nSPS) is 15.0. The van der Waals surface area contributed by atoms with Crippen LogP contribution in [0.25, 0.3) is 22.0 Å². The lowest BCUT2D eigenvalue weighted by atomic mass is 9.98.